The third-order valence-corrected chi connectivity index (χ3v) is 4.14. The Hall–Kier alpha value is -1.62. The maximum atomic E-state index is 12.4. The highest BCUT2D eigenvalue weighted by molar-refractivity contribution is 6.02. The standard InChI is InChI=1S/C15H25N3O2/c1-6-15(7-2,8-16)18-14(20)13-9(3)12(11(5)19)10(4)17-13/h17H,6-8,16H2,1-5H3,(H,18,20). The molecule has 1 rings (SSSR count). The molecule has 4 N–H and O–H groups in total. The lowest BCUT2D eigenvalue weighted by molar-refractivity contribution is 0.0890. The second kappa shape index (κ2) is 6.22. The number of carbonyl (C=O) groups is 2. The van der Waals surface area contributed by atoms with Gasteiger partial charge in [0.2, 0.25) is 0 Å². The molecule has 0 aliphatic heterocycles. The van der Waals surface area contributed by atoms with Gasteiger partial charge in [-0.3, -0.25) is 9.59 Å². The number of Topliss-reactive ketones (excluding diaryl/α,β-unsaturated/α-hetero) is 1. The minimum absolute atomic E-state index is 0.0358. The fourth-order valence-electron chi connectivity index (χ4n) is 2.57. The van der Waals surface area contributed by atoms with E-state index in [1.54, 1.807) is 13.8 Å². The van der Waals surface area contributed by atoms with Crippen molar-refractivity contribution in [2.45, 2.75) is 53.0 Å². The van der Waals surface area contributed by atoms with E-state index in [9.17, 15) is 9.59 Å². The number of aromatic nitrogens is 1. The van der Waals surface area contributed by atoms with Crippen molar-refractivity contribution in [2.75, 3.05) is 6.54 Å². The highest BCUT2D eigenvalue weighted by Gasteiger charge is 2.29. The van der Waals surface area contributed by atoms with Crippen LogP contribution in [0.25, 0.3) is 0 Å². The summed E-state index contributed by atoms with van der Waals surface area (Å²) in [5.74, 6) is -0.237. The third-order valence-electron chi connectivity index (χ3n) is 4.14. The van der Waals surface area contributed by atoms with Crippen LogP contribution in [0.1, 0.15) is 65.7 Å². The minimum atomic E-state index is -0.390. The maximum absolute atomic E-state index is 12.4. The molecule has 1 aromatic rings. The van der Waals surface area contributed by atoms with Crippen molar-refractivity contribution in [2.24, 2.45) is 5.73 Å². The number of carbonyl (C=O) groups excluding carboxylic acids is 2. The summed E-state index contributed by atoms with van der Waals surface area (Å²) in [5, 5.41) is 3.01. The molecule has 0 aliphatic rings. The SMILES string of the molecule is CCC(CC)(CN)NC(=O)c1[nH]c(C)c(C(C)=O)c1C. The number of nitrogens with one attached hydrogen (secondary N) is 2. The second-order valence-corrected chi connectivity index (χ2v) is 5.33. The molecular formula is C15H25N3O2. The van der Waals surface area contributed by atoms with Crippen LogP contribution in [0.3, 0.4) is 0 Å². The van der Waals surface area contributed by atoms with E-state index >= 15 is 0 Å². The monoisotopic (exact) mass is 279 g/mol. The van der Waals surface area contributed by atoms with Gasteiger partial charge in [0.25, 0.3) is 5.91 Å². The zero-order valence-corrected chi connectivity index (χ0v) is 13.0. The smallest absolute Gasteiger partial charge is 0.268 e. The Morgan fingerprint density at radius 1 is 1.25 bits per heavy atom. The lowest BCUT2D eigenvalue weighted by atomic mass is 9.92. The van der Waals surface area contributed by atoms with E-state index in [1.807, 2.05) is 13.8 Å². The van der Waals surface area contributed by atoms with Gasteiger partial charge in [-0.25, -0.2) is 0 Å². The van der Waals surface area contributed by atoms with Crippen molar-refractivity contribution in [3.8, 4) is 0 Å². The summed E-state index contributed by atoms with van der Waals surface area (Å²) in [4.78, 5) is 27.1. The van der Waals surface area contributed by atoms with Gasteiger partial charge in [0.05, 0.1) is 5.54 Å². The third kappa shape index (κ3) is 2.93. The molecule has 0 spiro atoms. The number of nitrogens with two attached hydrogens (primary N) is 1. The zero-order valence-electron chi connectivity index (χ0n) is 13.0. The molecule has 0 atom stereocenters. The van der Waals surface area contributed by atoms with E-state index in [0.29, 0.717) is 23.4 Å². The second-order valence-electron chi connectivity index (χ2n) is 5.33. The molecule has 0 unspecified atom stereocenters. The Labute approximate surface area is 120 Å². The van der Waals surface area contributed by atoms with E-state index in [1.165, 1.54) is 6.92 Å². The first-order valence-electron chi connectivity index (χ1n) is 7.04. The molecule has 20 heavy (non-hydrogen) atoms. The maximum Gasteiger partial charge on any atom is 0.268 e. The summed E-state index contributed by atoms with van der Waals surface area (Å²) in [7, 11) is 0. The topological polar surface area (TPSA) is 88.0 Å². The van der Waals surface area contributed by atoms with Gasteiger partial charge in [-0.2, -0.15) is 0 Å². The van der Waals surface area contributed by atoms with Gasteiger partial charge >= 0.3 is 0 Å². The molecule has 0 saturated heterocycles. The number of hydrogen-bond donors (Lipinski definition) is 3. The number of hydrogen-bond acceptors (Lipinski definition) is 3. The van der Waals surface area contributed by atoms with Crippen molar-refractivity contribution < 1.29 is 9.59 Å². The van der Waals surface area contributed by atoms with Crippen molar-refractivity contribution in [3.05, 3.63) is 22.5 Å². The van der Waals surface area contributed by atoms with Crippen LogP contribution in [0.15, 0.2) is 0 Å². The summed E-state index contributed by atoms with van der Waals surface area (Å²) in [6.45, 7) is 9.50. The minimum Gasteiger partial charge on any atom is -0.354 e. The van der Waals surface area contributed by atoms with Gasteiger partial charge in [0, 0.05) is 17.8 Å². The molecule has 112 valence electrons. The molecule has 5 heteroatoms. The van der Waals surface area contributed by atoms with Gasteiger partial charge in [-0.15, -0.1) is 0 Å². The van der Waals surface area contributed by atoms with E-state index in [0.717, 1.165) is 18.5 Å². The molecule has 0 aliphatic carbocycles. The van der Waals surface area contributed by atoms with Crippen LogP contribution in [0.5, 0.6) is 0 Å². The predicted octanol–water partition coefficient (Wildman–Crippen LogP) is 2.08. The first-order valence-corrected chi connectivity index (χ1v) is 7.04. The van der Waals surface area contributed by atoms with Crippen molar-refractivity contribution in [1.82, 2.24) is 10.3 Å². The van der Waals surface area contributed by atoms with Crippen LogP contribution in [-0.4, -0.2) is 28.8 Å². The van der Waals surface area contributed by atoms with Crippen molar-refractivity contribution in [1.29, 1.82) is 0 Å². The predicted molar refractivity (Wildman–Crippen MR) is 80.1 cm³/mol. The van der Waals surface area contributed by atoms with Gasteiger partial charge in [0.1, 0.15) is 5.69 Å². The van der Waals surface area contributed by atoms with Crippen LogP contribution >= 0.6 is 0 Å². The lowest BCUT2D eigenvalue weighted by Crippen LogP contribution is -2.53. The molecule has 0 bridgehead atoms. The highest BCUT2D eigenvalue weighted by atomic mass is 16.2. The Morgan fingerprint density at radius 3 is 2.15 bits per heavy atom. The first kappa shape index (κ1) is 16.4. The summed E-state index contributed by atoms with van der Waals surface area (Å²) < 4.78 is 0. The number of aromatic amines is 1. The molecule has 0 saturated carbocycles. The normalized spacial score (nSPS) is 11.5. The van der Waals surface area contributed by atoms with Crippen LogP contribution < -0.4 is 11.1 Å². The molecule has 0 radical (unpaired) electrons. The van der Waals surface area contributed by atoms with Crippen LogP contribution in [0, 0.1) is 13.8 Å². The molecular weight excluding hydrogens is 254 g/mol. The first-order chi connectivity index (χ1) is 9.31. The fourth-order valence-corrected chi connectivity index (χ4v) is 2.57. The summed E-state index contributed by atoms with van der Waals surface area (Å²) in [6.07, 6.45) is 1.54. The molecule has 0 fully saturated rings. The molecule has 1 heterocycles. The number of amides is 1. The quantitative estimate of drug-likeness (QED) is 0.697. The lowest BCUT2D eigenvalue weighted by Gasteiger charge is -2.31. The Morgan fingerprint density at radius 2 is 1.80 bits per heavy atom. The Balaban J connectivity index is 3.11. The summed E-state index contributed by atoms with van der Waals surface area (Å²) in [5.41, 5.74) is 7.89. The van der Waals surface area contributed by atoms with Gasteiger partial charge < -0.3 is 16.0 Å². The highest BCUT2D eigenvalue weighted by Crippen LogP contribution is 2.20. The van der Waals surface area contributed by atoms with E-state index in [2.05, 4.69) is 10.3 Å². The fraction of sp³-hybridized carbons (Fsp3) is 0.600. The van der Waals surface area contributed by atoms with Crippen LogP contribution in [0.4, 0.5) is 0 Å². The Bertz CT molecular complexity index is 505. The largest absolute Gasteiger partial charge is 0.354 e. The number of ketones is 1. The van der Waals surface area contributed by atoms with Gasteiger partial charge in [0.15, 0.2) is 5.78 Å². The van der Waals surface area contributed by atoms with E-state index in [-0.39, 0.29) is 17.2 Å². The zero-order chi connectivity index (χ0) is 15.5. The number of rotatable bonds is 6. The average Bonchev–Trinajstić information content (AvgIpc) is 2.71. The van der Waals surface area contributed by atoms with Gasteiger partial charge in [-0.05, 0) is 39.2 Å². The number of aryl methyl sites for hydroxylation is 1. The summed E-state index contributed by atoms with van der Waals surface area (Å²) in [6, 6.07) is 0. The molecule has 0 aromatic carbocycles. The van der Waals surface area contributed by atoms with E-state index in [4.69, 9.17) is 5.73 Å². The molecule has 1 amide bonds. The van der Waals surface area contributed by atoms with Crippen LogP contribution in [-0.2, 0) is 0 Å². The van der Waals surface area contributed by atoms with Crippen LogP contribution in [0.2, 0.25) is 0 Å². The number of H-pyrrole nitrogens is 1. The average molecular weight is 279 g/mol. The van der Waals surface area contributed by atoms with Crippen molar-refractivity contribution in [3.63, 3.8) is 0 Å². The van der Waals surface area contributed by atoms with E-state index < -0.39 is 0 Å². The molecule has 1 aromatic heterocycles. The Kier molecular flexibility index (Phi) is 5.11. The summed E-state index contributed by atoms with van der Waals surface area (Å²) >= 11 is 0. The van der Waals surface area contributed by atoms with Gasteiger partial charge in [-0.1, -0.05) is 13.8 Å². The van der Waals surface area contributed by atoms with Crippen molar-refractivity contribution >= 4 is 11.7 Å². The molecule has 5 nitrogen and oxygen atoms in total.